The molecule has 0 aromatic carbocycles. The highest BCUT2D eigenvalue weighted by Crippen LogP contribution is 2.21. The topological polar surface area (TPSA) is 65.2 Å². The molecular formula is C14H22N2O2S. The number of aromatic nitrogens is 1. The number of unbranched alkanes of at least 4 members (excludes halogenated alkanes) is 3. The fourth-order valence-electron chi connectivity index (χ4n) is 1.59. The monoisotopic (exact) mass is 282 g/mol. The van der Waals surface area contributed by atoms with Crippen LogP contribution in [0.2, 0.25) is 0 Å². The van der Waals surface area contributed by atoms with E-state index in [1.807, 2.05) is 6.08 Å². The first kappa shape index (κ1) is 15.7. The number of thiazole rings is 1. The number of nitrogens with zero attached hydrogens (tertiary/aromatic N) is 1. The Bertz CT molecular complexity index is 427. The van der Waals surface area contributed by atoms with Gasteiger partial charge in [0.05, 0.1) is 17.9 Å². The quantitative estimate of drug-likeness (QED) is 0.449. The molecule has 0 spiro atoms. The molecule has 0 bridgehead atoms. The number of esters is 1. The Morgan fingerprint density at radius 2 is 2.21 bits per heavy atom. The van der Waals surface area contributed by atoms with Crippen LogP contribution in [0.1, 0.15) is 51.6 Å². The summed E-state index contributed by atoms with van der Waals surface area (Å²) in [5.41, 5.74) is 6.77. The fraction of sp³-hybridized carbons (Fsp3) is 0.571. The largest absolute Gasteiger partial charge is 0.462 e. The molecule has 0 amide bonds. The summed E-state index contributed by atoms with van der Waals surface area (Å²) in [7, 11) is 0. The van der Waals surface area contributed by atoms with Crippen molar-refractivity contribution in [1.82, 2.24) is 4.98 Å². The predicted molar refractivity (Wildman–Crippen MR) is 79.9 cm³/mol. The van der Waals surface area contributed by atoms with E-state index < -0.39 is 0 Å². The van der Waals surface area contributed by atoms with Gasteiger partial charge >= 0.3 is 5.97 Å². The lowest BCUT2D eigenvalue weighted by Gasteiger charge is -2.06. The minimum atomic E-state index is -0.296. The third-order valence-corrected chi connectivity index (χ3v) is 3.31. The van der Waals surface area contributed by atoms with Crippen molar-refractivity contribution in [2.75, 3.05) is 12.3 Å². The van der Waals surface area contributed by atoms with Gasteiger partial charge < -0.3 is 10.5 Å². The predicted octanol–water partition coefficient (Wildman–Crippen LogP) is 3.64. The first-order valence-corrected chi connectivity index (χ1v) is 7.65. The van der Waals surface area contributed by atoms with Crippen molar-refractivity contribution in [3.8, 4) is 0 Å². The van der Waals surface area contributed by atoms with Crippen LogP contribution in [-0.2, 0) is 9.53 Å². The average molecular weight is 282 g/mol. The normalized spacial score (nSPS) is 11.6. The van der Waals surface area contributed by atoms with Crippen LogP contribution in [0.3, 0.4) is 0 Å². The van der Waals surface area contributed by atoms with Crippen LogP contribution < -0.4 is 5.73 Å². The third kappa shape index (κ3) is 5.42. The van der Waals surface area contributed by atoms with Crippen LogP contribution in [0.4, 0.5) is 5.13 Å². The van der Waals surface area contributed by atoms with Crippen LogP contribution in [0.15, 0.2) is 11.5 Å². The Morgan fingerprint density at radius 3 is 2.79 bits per heavy atom. The molecule has 1 rings (SSSR count). The van der Waals surface area contributed by atoms with Gasteiger partial charge in [-0.05, 0) is 12.8 Å². The molecule has 0 radical (unpaired) electrons. The number of carbonyl (C=O) groups is 1. The van der Waals surface area contributed by atoms with Crippen molar-refractivity contribution < 1.29 is 9.53 Å². The minimum Gasteiger partial charge on any atom is -0.462 e. The van der Waals surface area contributed by atoms with Crippen molar-refractivity contribution in [2.24, 2.45) is 0 Å². The van der Waals surface area contributed by atoms with E-state index >= 15 is 0 Å². The molecule has 2 N–H and O–H groups in total. The number of anilines is 1. The van der Waals surface area contributed by atoms with Crippen molar-refractivity contribution in [2.45, 2.75) is 46.0 Å². The van der Waals surface area contributed by atoms with Gasteiger partial charge in [0, 0.05) is 5.38 Å². The molecule has 0 aliphatic rings. The first-order valence-electron chi connectivity index (χ1n) is 6.77. The molecule has 1 aromatic rings. The lowest BCUT2D eigenvalue weighted by atomic mass is 10.1. The molecule has 0 saturated carbocycles. The van der Waals surface area contributed by atoms with Crippen molar-refractivity contribution in [1.29, 1.82) is 0 Å². The van der Waals surface area contributed by atoms with E-state index in [9.17, 15) is 4.79 Å². The molecule has 0 atom stereocenters. The minimum absolute atomic E-state index is 0.296. The van der Waals surface area contributed by atoms with E-state index in [0.717, 1.165) is 32.1 Å². The number of ether oxygens (including phenoxy) is 1. The molecule has 0 aliphatic carbocycles. The zero-order valence-electron chi connectivity index (χ0n) is 11.6. The van der Waals surface area contributed by atoms with Gasteiger partial charge in [0.1, 0.15) is 0 Å². The maximum Gasteiger partial charge on any atom is 0.340 e. The highest BCUT2D eigenvalue weighted by molar-refractivity contribution is 7.13. The lowest BCUT2D eigenvalue weighted by Crippen LogP contribution is -2.09. The van der Waals surface area contributed by atoms with Crippen LogP contribution in [0, 0.1) is 0 Å². The number of nitrogen functional groups attached to an aromatic ring is 1. The van der Waals surface area contributed by atoms with Crippen molar-refractivity contribution in [3.63, 3.8) is 0 Å². The Morgan fingerprint density at radius 1 is 1.42 bits per heavy atom. The molecule has 106 valence electrons. The van der Waals surface area contributed by atoms with E-state index in [0.29, 0.717) is 23.0 Å². The number of hydrogen-bond donors (Lipinski definition) is 1. The van der Waals surface area contributed by atoms with Gasteiger partial charge in [-0.2, -0.15) is 0 Å². The van der Waals surface area contributed by atoms with Gasteiger partial charge in [0.25, 0.3) is 0 Å². The van der Waals surface area contributed by atoms with E-state index in [4.69, 9.17) is 10.5 Å². The maximum absolute atomic E-state index is 12.1. The van der Waals surface area contributed by atoms with Crippen LogP contribution in [-0.4, -0.2) is 17.6 Å². The molecule has 1 heterocycles. The smallest absolute Gasteiger partial charge is 0.340 e. The Labute approximate surface area is 118 Å². The molecular weight excluding hydrogens is 260 g/mol. The molecule has 0 aliphatic heterocycles. The molecule has 0 unspecified atom stereocenters. The molecule has 19 heavy (non-hydrogen) atoms. The SMILES string of the molecule is CCCC=C(C(=O)OCCCCC)c1csc(N)n1. The molecule has 5 heteroatoms. The van der Waals surface area contributed by atoms with Gasteiger partial charge in [-0.25, -0.2) is 9.78 Å². The Balaban J connectivity index is 2.66. The molecule has 0 saturated heterocycles. The van der Waals surface area contributed by atoms with Crippen molar-refractivity contribution in [3.05, 3.63) is 17.2 Å². The Kier molecular flexibility index (Phi) is 7.18. The summed E-state index contributed by atoms with van der Waals surface area (Å²) in [6.45, 7) is 4.65. The summed E-state index contributed by atoms with van der Waals surface area (Å²) < 4.78 is 5.28. The van der Waals surface area contributed by atoms with Gasteiger partial charge in [-0.15, -0.1) is 11.3 Å². The van der Waals surface area contributed by atoms with E-state index in [1.54, 1.807) is 5.38 Å². The van der Waals surface area contributed by atoms with Gasteiger partial charge in [-0.1, -0.05) is 39.2 Å². The van der Waals surface area contributed by atoms with Gasteiger partial charge in [0.2, 0.25) is 0 Å². The van der Waals surface area contributed by atoms with E-state index in [2.05, 4.69) is 18.8 Å². The second-order valence-electron chi connectivity index (χ2n) is 4.32. The van der Waals surface area contributed by atoms with Crippen LogP contribution in [0.25, 0.3) is 5.57 Å². The van der Waals surface area contributed by atoms with E-state index in [1.165, 1.54) is 11.3 Å². The summed E-state index contributed by atoms with van der Waals surface area (Å²) in [5, 5.41) is 2.26. The maximum atomic E-state index is 12.1. The number of carbonyl (C=O) groups excluding carboxylic acids is 1. The fourth-order valence-corrected chi connectivity index (χ4v) is 2.15. The van der Waals surface area contributed by atoms with Crippen LogP contribution in [0.5, 0.6) is 0 Å². The van der Waals surface area contributed by atoms with Crippen molar-refractivity contribution >= 4 is 28.0 Å². The first-order chi connectivity index (χ1) is 9.19. The van der Waals surface area contributed by atoms with Gasteiger partial charge in [0.15, 0.2) is 5.13 Å². The highest BCUT2D eigenvalue weighted by atomic mass is 32.1. The molecule has 0 fully saturated rings. The summed E-state index contributed by atoms with van der Waals surface area (Å²) in [5.74, 6) is -0.296. The lowest BCUT2D eigenvalue weighted by molar-refractivity contribution is -0.136. The summed E-state index contributed by atoms with van der Waals surface area (Å²) in [6.07, 6.45) is 6.78. The summed E-state index contributed by atoms with van der Waals surface area (Å²) in [4.78, 5) is 16.2. The second kappa shape index (κ2) is 8.69. The number of rotatable bonds is 8. The number of allylic oxidation sites excluding steroid dienone is 1. The van der Waals surface area contributed by atoms with E-state index in [-0.39, 0.29) is 5.97 Å². The summed E-state index contributed by atoms with van der Waals surface area (Å²) >= 11 is 1.33. The number of hydrogen-bond acceptors (Lipinski definition) is 5. The standard InChI is InChI=1S/C14H22N2O2S/c1-3-5-7-9-18-13(17)11(8-6-4-2)12-10-19-14(15)16-12/h8,10H,3-7,9H2,1-2H3,(H2,15,16). The average Bonchev–Trinajstić information content (AvgIpc) is 2.82. The summed E-state index contributed by atoms with van der Waals surface area (Å²) in [6, 6.07) is 0. The molecule has 4 nitrogen and oxygen atoms in total. The number of nitrogens with two attached hydrogens (primary N) is 1. The van der Waals surface area contributed by atoms with Crippen LogP contribution >= 0.6 is 11.3 Å². The Hall–Kier alpha value is -1.36. The highest BCUT2D eigenvalue weighted by Gasteiger charge is 2.15. The second-order valence-corrected chi connectivity index (χ2v) is 5.21. The van der Waals surface area contributed by atoms with Gasteiger partial charge in [-0.3, -0.25) is 0 Å². The molecule has 1 aromatic heterocycles. The third-order valence-electron chi connectivity index (χ3n) is 2.64. The zero-order chi connectivity index (χ0) is 14.1. The zero-order valence-corrected chi connectivity index (χ0v) is 12.5.